The summed E-state index contributed by atoms with van der Waals surface area (Å²) in [6, 6.07) is 4.44. The fourth-order valence-corrected chi connectivity index (χ4v) is 2.58. The first kappa shape index (κ1) is 14.5. The molecular weight excluding hydrogens is 230 g/mol. The van der Waals surface area contributed by atoms with Crippen molar-refractivity contribution in [3.63, 3.8) is 0 Å². The summed E-state index contributed by atoms with van der Waals surface area (Å²) in [6.07, 6.45) is 0. The van der Waals surface area contributed by atoms with Crippen LogP contribution in [-0.4, -0.2) is 11.4 Å². The third kappa shape index (κ3) is 3.23. The van der Waals surface area contributed by atoms with Crippen LogP contribution in [0.5, 0.6) is 0 Å². The first-order valence-electron chi connectivity index (χ1n) is 6.65. The van der Waals surface area contributed by atoms with E-state index in [4.69, 9.17) is 11.6 Å². The minimum Gasteiger partial charge on any atom is -0.295 e. The molecule has 2 rings (SSSR count). The minimum atomic E-state index is 0.512. The van der Waals surface area contributed by atoms with Gasteiger partial charge in [-0.3, -0.25) is 4.90 Å². The number of hydrogen-bond donors (Lipinski definition) is 0. The maximum Gasteiger partial charge on any atom is 0.0444 e. The summed E-state index contributed by atoms with van der Waals surface area (Å²) in [4.78, 5) is 2.44. The Hall–Kier alpha value is -0.530. The van der Waals surface area contributed by atoms with Gasteiger partial charge in [0, 0.05) is 18.1 Å². The second kappa shape index (κ2) is 6.42. The molecule has 0 radical (unpaired) electrons. The quantitative estimate of drug-likeness (QED) is 0.730. The molecule has 0 amide bonds. The molecule has 1 aromatic carbocycles. The van der Waals surface area contributed by atoms with E-state index >= 15 is 0 Å². The molecule has 0 saturated carbocycles. The van der Waals surface area contributed by atoms with Gasteiger partial charge in [-0.05, 0) is 35.2 Å². The molecule has 0 bridgehead atoms. The maximum absolute atomic E-state index is 6.28. The lowest BCUT2D eigenvalue weighted by molar-refractivity contribution is 0.301. The van der Waals surface area contributed by atoms with Gasteiger partial charge in [-0.15, -0.1) is 0 Å². The van der Waals surface area contributed by atoms with E-state index in [2.05, 4.69) is 37.8 Å². The highest BCUT2D eigenvalue weighted by molar-refractivity contribution is 6.31. The Kier molecular flexibility index (Phi) is 5.48. The lowest BCUT2D eigenvalue weighted by Gasteiger charge is -2.10. The van der Waals surface area contributed by atoms with E-state index in [1.165, 1.54) is 16.7 Å². The van der Waals surface area contributed by atoms with Gasteiger partial charge in [0.15, 0.2) is 0 Å². The third-order valence-corrected chi connectivity index (χ3v) is 3.50. The summed E-state index contributed by atoms with van der Waals surface area (Å²) >= 11 is 6.28. The Balaban J connectivity index is 0.000000686. The van der Waals surface area contributed by atoms with Crippen molar-refractivity contribution in [2.45, 2.75) is 53.6 Å². The summed E-state index contributed by atoms with van der Waals surface area (Å²) in [7, 11) is 0. The first-order valence-corrected chi connectivity index (χ1v) is 7.03. The lowest BCUT2D eigenvalue weighted by atomic mass is 9.98. The van der Waals surface area contributed by atoms with Crippen molar-refractivity contribution in [2.24, 2.45) is 0 Å². The Morgan fingerprint density at radius 2 is 1.71 bits per heavy atom. The average molecular weight is 254 g/mol. The van der Waals surface area contributed by atoms with Crippen molar-refractivity contribution < 1.29 is 0 Å². The van der Waals surface area contributed by atoms with E-state index in [1.54, 1.807) is 0 Å². The molecule has 1 aromatic rings. The molecule has 96 valence electrons. The molecular formula is C15H24ClN. The highest BCUT2D eigenvalue weighted by Gasteiger charge is 2.19. The predicted octanol–water partition coefficient (Wildman–Crippen LogP) is 4.83. The van der Waals surface area contributed by atoms with Crippen LogP contribution in [-0.2, 0) is 13.1 Å². The molecule has 0 spiro atoms. The number of rotatable bonds is 2. The van der Waals surface area contributed by atoms with Gasteiger partial charge in [0.05, 0.1) is 0 Å². The van der Waals surface area contributed by atoms with Crippen LogP contribution in [0, 0.1) is 0 Å². The molecule has 1 aliphatic rings. The summed E-state index contributed by atoms with van der Waals surface area (Å²) in [5.74, 6) is 0.512. The van der Waals surface area contributed by atoms with Gasteiger partial charge in [0.2, 0.25) is 0 Å². The number of nitrogens with zero attached hydrogens (tertiary/aromatic N) is 1. The Morgan fingerprint density at radius 1 is 1.18 bits per heavy atom. The Bertz CT molecular complexity index is 371. The highest BCUT2D eigenvalue weighted by atomic mass is 35.5. The third-order valence-electron chi connectivity index (χ3n) is 3.18. The van der Waals surface area contributed by atoms with Crippen LogP contribution in [0.4, 0.5) is 0 Å². The van der Waals surface area contributed by atoms with Crippen molar-refractivity contribution in [3.05, 3.63) is 33.8 Å². The van der Waals surface area contributed by atoms with Gasteiger partial charge >= 0.3 is 0 Å². The molecule has 0 aromatic heterocycles. The van der Waals surface area contributed by atoms with Gasteiger partial charge in [-0.1, -0.05) is 52.3 Å². The van der Waals surface area contributed by atoms with E-state index in [0.717, 1.165) is 24.7 Å². The fraction of sp³-hybridized carbons (Fsp3) is 0.600. The number of hydrogen-bond acceptors (Lipinski definition) is 1. The number of fused-ring (bicyclic) bond motifs is 1. The predicted molar refractivity (Wildman–Crippen MR) is 76.7 cm³/mol. The summed E-state index contributed by atoms with van der Waals surface area (Å²) in [5, 5.41) is 0.932. The van der Waals surface area contributed by atoms with Crippen molar-refractivity contribution in [1.82, 2.24) is 4.90 Å². The molecule has 0 aliphatic carbocycles. The minimum absolute atomic E-state index is 0.512. The van der Waals surface area contributed by atoms with Crippen molar-refractivity contribution in [3.8, 4) is 0 Å². The van der Waals surface area contributed by atoms with Crippen LogP contribution in [0.3, 0.4) is 0 Å². The molecule has 0 saturated heterocycles. The van der Waals surface area contributed by atoms with E-state index in [0.29, 0.717) is 5.92 Å². The number of halogens is 1. The molecule has 1 nitrogen and oxygen atoms in total. The standard InChI is InChI=1S/C13H18ClN.C2H6/c1-4-15-7-10-5-12(9(2)3)13(14)6-11(10)8-15;1-2/h5-6,9H,4,7-8H2,1-3H3;1-2H3. The van der Waals surface area contributed by atoms with Crippen LogP contribution in [0.1, 0.15) is 57.2 Å². The second-order valence-corrected chi connectivity index (χ2v) is 5.01. The average Bonchev–Trinajstić information content (AvgIpc) is 2.72. The van der Waals surface area contributed by atoms with E-state index < -0.39 is 0 Å². The summed E-state index contributed by atoms with van der Waals surface area (Å²) in [5.41, 5.74) is 4.16. The van der Waals surface area contributed by atoms with Gasteiger partial charge < -0.3 is 0 Å². The van der Waals surface area contributed by atoms with Crippen LogP contribution < -0.4 is 0 Å². The van der Waals surface area contributed by atoms with Crippen LogP contribution in [0.25, 0.3) is 0 Å². The highest BCUT2D eigenvalue weighted by Crippen LogP contribution is 2.32. The molecule has 0 unspecified atom stereocenters. The zero-order chi connectivity index (χ0) is 13.0. The van der Waals surface area contributed by atoms with Crippen LogP contribution in [0.15, 0.2) is 12.1 Å². The van der Waals surface area contributed by atoms with Gasteiger partial charge in [-0.2, -0.15) is 0 Å². The Morgan fingerprint density at radius 3 is 2.18 bits per heavy atom. The zero-order valence-corrected chi connectivity index (χ0v) is 12.4. The molecule has 2 heteroatoms. The monoisotopic (exact) mass is 253 g/mol. The molecule has 0 atom stereocenters. The van der Waals surface area contributed by atoms with E-state index in [-0.39, 0.29) is 0 Å². The molecule has 1 heterocycles. The summed E-state index contributed by atoms with van der Waals surface area (Å²) < 4.78 is 0. The van der Waals surface area contributed by atoms with Gasteiger partial charge in [0.25, 0.3) is 0 Å². The lowest BCUT2D eigenvalue weighted by Crippen LogP contribution is -2.14. The molecule has 0 N–H and O–H groups in total. The van der Waals surface area contributed by atoms with Gasteiger partial charge in [-0.25, -0.2) is 0 Å². The largest absolute Gasteiger partial charge is 0.295 e. The van der Waals surface area contributed by atoms with Crippen molar-refractivity contribution >= 4 is 11.6 Å². The topological polar surface area (TPSA) is 3.24 Å². The molecule has 0 fully saturated rings. The van der Waals surface area contributed by atoms with E-state index in [1.807, 2.05) is 13.8 Å². The molecule has 17 heavy (non-hydrogen) atoms. The van der Waals surface area contributed by atoms with Crippen LogP contribution in [0.2, 0.25) is 5.02 Å². The first-order chi connectivity index (χ1) is 8.11. The summed E-state index contributed by atoms with van der Waals surface area (Å²) in [6.45, 7) is 13.9. The van der Waals surface area contributed by atoms with Gasteiger partial charge in [0.1, 0.15) is 0 Å². The van der Waals surface area contributed by atoms with Crippen molar-refractivity contribution in [1.29, 1.82) is 0 Å². The zero-order valence-electron chi connectivity index (χ0n) is 11.7. The second-order valence-electron chi connectivity index (χ2n) is 4.60. The fourth-order valence-electron chi connectivity index (χ4n) is 2.18. The normalized spacial score (nSPS) is 14.5. The Labute approximate surface area is 111 Å². The SMILES string of the molecule is CC.CCN1Cc2cc(Cl)c(C(C)C)cc2C1. The smallest absolute Gasteiger partial charge is 0.0444 e. The van der Waals surface area contributed by atoms with E-state index in [9.17, 15) is 0 Å². The molecule has 1 aliphatic heterocycles. The number of benzene rings is 1. The van der Waals surface area contributed by atoms with Crippen LogP contribution >= 0.6 is 11.6 Å². The van der Waals surface area contributed by atoms with Crippen molar-refractivity contribution in [2.75, 3.05) is 6.54 Å². The maximum atomic E-state index is 6.28.